The Morgan fingerprint density at radius 2 is 2.07 bits per heavy atom. The molecule has 2 aromatic heterocycles. The van der Waals surface area contributed by atoms with Gasteiger partial charge in [-0.25, -0.2) is 18.6 Å². The van der Waals surface area contributed by atoms with E-state index in [2.05, 4.69) is 47.2 Å². The number of hydrogen-bond acceptors (Lipinski definition) is 10. The maximum absolute atomic E-state index is 14.6. The number of nitrogens with zero attached hydrogens (tertiary/aromatic N) is 6. The number of ether oxygens (including phenoxy) is 2. The Hall–Kier alpha value is -5.19. The first-order valence-corrected chi connectivity index (χ1v) is 14.8. The molecular weight excluding hydrogens is 596 g/mol. The van der Waals surface area contributed by atoms with Gasteiger partial charge in [0.1, 0.15) is 18.1 Å². The van der Waals surface area contributed by atoms with Crippen molar-refractivity contribution in [3.63, 3.8) is 0 Å². The van der Waals surface area contributed by atoms with Gasteiger partial charge < -0.3 is 14.4 Å². The highest BCUT2D eigenvalue weighted by atomic mass is 19.1. The summed E-state index contributed by atoms with van der Waals surface area (Å²) in [5.41, 5.74) is 3.48. The van der Waals surface area contributed by atoms with Crippen LogP contribution in [0.4, 0.5) is 20.3 Å². The lowest BCUT2D eigenvalue weighted by atomic mass is 9.99. The molecule has 0 saturated carbocycles. The first kappa shape index (κ1) is 30.8. The molecule has 1 N–H and O–H groups in total. The number of nitriles is 1. The van der Waals surface area contributed by atoms with Crippen molar-refractivity contribution in [2.45, 2.75) is 25.6 Å². The zero-order chi connectivity index (χ0) is 32.0. The maximum Gasteiger partial charge on any atom is 0.439 e. The fraction of sp³-hybridized carbons (Fsp3) is 0.303. The molecule has 0 spiro atoms. The third-order valence-corrected chi connectivity index (χ3v) is 8.09. The summed E-state index contributed by atoms with van der Waals surface area (Å²) in [6, 6.07) is 12.5. The minimum atomic E-state index is -0.653. The summed E-state index contributed by atoms with van der Waals surface area (Å²) in [7, 11) is 0. The Morgan fingerprint density at radius 1 is 1.20 bits per heavy atom. The van der Waals surface area contributed by atoms with Crippen LogP contribution >= 0.6 is 0 Å². The number of benzene rings is 2. The normalized spacial score (nSPS) is 16.3. The average Bonchev–Trinajstić information content (AvgIpc) is 3.50. The Bertz CT molecular complexity index is 1860. The predicted molar refractivity (Wildman–Crippen MR) is 167 cm³/mol. The van der Waals surface area contributed by atoms with Crippen LogP contribution in [-0.4, -0.2) is 72.2 Å². The van der Waals surface area contributed by atoms with Crippen molar-refractivity contribution in [2.24, 2.45) is 4.99 Å². The minimum absolute atomic E-state index is 0.0403. The fourth-order valence-corrected chi connectivity index (χ4v) is 5.39. The minimum Gasteiger partial charge on any atom is -0.486 e. The van der Waals surface area contributed by atoms with Crippen LogP contribution in [0.5, 0.6) is 5.75 Å². The number of aliphatic imine (C=N–C) groups is 1. The molecule has 6 rings (SSSR count). The molecule has 4 aromatic rings. The molecule has 1 fully saturated rings. The first-order chi connectivity index (χ1) is 22.4. The van der Waals surface area contributed by atoms with Gasteiger partial charge in [0, 0.05) is 56.7 Å². The van der Waals surface area contributed by atoms with E-state index in [1.807, 2.05) is 6.07 Å². The van der Waals surface area contributed by atoms with Crippen LogP contribution in [0.25, 0.3) is 17.0 Å². The van der Waals surface area contributed by atoms with Crippen molar-refractivity contribution in [1.29, 1.82) is 5.26 Å². The molecule has 2 aliphatic rings. The number of aromatic amines is 1. The summed E-state index contributed by atoms with van der Waals surface area (Å²) in [4.78, 5) is 27.2. The van der Waals surface area contributed by atoms with E-state index >= 15 is 0 Å². The van der Waals surface area contributed by atoms with Gasteiger partial charge in [-0.1, -0.05) is 23.4 Å². The van der Waals surface area contributed by atoms with Gasteiger partial charge in [0.05, 0.1) is 17.7 Å². The molecular formula is C33H31F2N7O4. The topological polar surface area (TPSA) is 133 Å². The zero-order valence-electron chi connectivity index (χ0n) is 24.9. The van der Waals surface area contributed by atoms with Gasteiger partial charge in [0.2, 0.25) is 0 Å². The highest BCUT2D eigenvalue weighted by molar-refractivity contribution is 5.71. The van der Waals surface area contributed by atoms with Gasteiger partial charge in [0.15, 0.2) is 23.2 Å². The van der Waals surface area contributed by atoms with Crippen LogP contribution in [0.2, 0.25) is 0 Å². The number of anilines is 1. The second-order valence-electron chi connectivity index (χ2n) is 11.0. The zero-order valence-corrected chi connectivity index (χ0v) is 24.9. The monoisotopic (exact) mass is 627 g/mol. The number of H-pyrrole nitrogens is 1. The van der Waals surface area contributed by atoms with Gasteiger partial charge in [-0.3, -0.25) is 19.4 Å². The van der Waals surface area contributed by atoms with E-state index in [1.165, 1.54) is 18.2 Å². The van der Waals surface area contributed by atoms with E-state index in [9.17, 15) is 13.6 Å². The Balaban J connectivity index is 1.10. The van der Waals surface area contributed by atoms with Crippen molar-refractivity contribution in [3.05, 3.63) is 93.6 Å². The molecule has 236 valence electrons. The molecule has 11 nitrogen and oxygen atoms in total. The number of rotatable bonds is 12. The van der Waals surface area contributed by atoms with Crippen molar-refractivity contribution >= 4 is 23.8 Å². The van der Waals surface area contributed by atoms with E-state index in [0.717, 1.165) is 49.7 Å². The molecule has 1 atom stereocenters. The number of nitrogens with one attached hydrogen (secondary N) is 1. The van der Waals surface area contributed by atoms with Crippen LogP contribution in [0, 0.1) is 23.0 Å². The summed E-state index contributed by atoms with van der Waals surface area (Å²) in [5, 5.41) is 12.7. The first-order valence-electron chi connectivity index (χ1n) is 14.8. The van der Waals surface area contributed by atoms with Crippen molar-refractivity contribution < 1.29 is 22.8 Å². The Morgan fingerprint density at radius 3 is 2.74 bits per heavy atom. The van der Waals surface area contributed by atoms with Gasteiger partial charge >= 0.3 is 5.76 Å². The smallest absolute Gasteiger partial charge is 0.439 e. The molecule has 4 heterocycles. The maximum atomic E-state index is 14.6. The van der Waals surface area contributed by atoms with Crippen LogP contribution in [0.1, 0.15) is 29.5 Å². The summed E-state index contributed by atoms with van der Waals surface area (Å²) < 4.78 is 44.8. The van der Waals surface area contributed by atoms with Gasteiger partial charge in [-0.15, -0.1) is 0 Å². The lowest BCUT2D eigenvalue weighted by molar-refractivity contribution is -0.0446. The quantitative estimate of drug-likeness (QED) is 0.219. The van der Waals surface area contributed by atoms with Gasteiger partial charge in [-0.05, 0) is 61.0 Å². The molecule has 2 aromatic carbocycles. The largest absolute Gasteiger partial charge is 0.486 e. The number of pyridine rings is 1. The standard InChI is InChI=1S/C33H31F2N7O4/c1-37-29-15-25(31-39-33(43)46-40-31)18-38-32(29)42(19-26-8-13-44-26)12-11-41-9-6-22(7-10-41)23-4-5-27(34)30(16-23)45-20-24-3-2-21(17-36)14-28(24)35/h2-6,14-16,18,26H,1,7-13,19-20H2,(H,39,40,43). The molecule has 0 radical (unpaired) electrons. The fourth-order valence-electron chi connectivity index (χ4n) is 5.39. The van der Waals surface area contributed by atoms with Crippen LogP contribution < -0.4 is 15.4 Å². The summed E-state index contributed by atoms with van der Waals surface area (Å²) in [6.45, 7) is 7.86. The van der Waals surface area contributed by atoms with Gasteiger partial charge in [0.25, 0.3) is 0 Å². The molecule has 46 heavy (non-hydrogen) atoms. The predicted octanol–water partition coefficient (Wildman–Crippen LogP) is 4.87. The van der Waals surface area contributed by atoms with E-state index in [4.69, 9.17) is 14.7 Å². The van der Waals surface area contributed by atoms with Crippen LogP contribution in [0.3, 0.4) is 0 Å². The van der Waals surface area contributed by atoms with Crippen LogP contribution in [0.15, 0.2) is 69.0 Å². The lowest BCUT2D eigenvalue weighted by Gasteiger charge is -2.35. The summed E-state index contributed by atoms with van der Waals surface area (Å²) in [5.74, 6) is -0.793. The van der Waals surface area contributed by atoms with E-state index in [0.29, 0.717) is 36.7 Å². The second-order valence-corrected chi connectivity index (χ2v) is 11.0. The molecule has 0 bridgehead atoms. The molecule has 13 heteroatoms. The molecule has 1 unspecified atom stereocenters. The lowest BCUT2D eigenvalue weighted by Crippen LogP contribution is -2.44. The summed E-state index contributed by atoms with van der Waals surface area (Å²) >= 11 is 0. The summed E-state index contributed by atoms with van der Waals surface area (Å²) in [6.07, 6.45) is 5.56. The third-order valence-electron chi connectivity index (χ3n) is 8.09. The van der Waals surface area contributed by atoms with Crippen molar-refractivity contribution in [1.82, 2.24) is 20.0 Å². The number of hydrogen-bond donors (Lipinski definition) is 1. The third kappa shape index (κ3) is 7.03. The average molecular weight is 628 g/mol. The van der Waals surface area contributed by atoms with Crippen molar-refractivity contribution in [3.8, 4) is 23.2 Å². The van der Waals surface area contributed by atoms with E-state index in [-0.39, 0.29) is 35.4 Å². The number of aromatic nitrogens is 3. The highest BCUT2D eigenvalue weighted by Gasteiger charge is 2.25. The number of halogens is 2. The van der Waals surface area contributed by atoms with E-state index < -0.39 is 17.4 Å². The van der Waals surface area contributed by atoms with Gasteiger partial charge in [-0.2, -0.15) is 5.26 Å². The molecule has 2 aliphatic heterocycles. The van der Waals surface area contributed by atoms with Crippen molar-refractivity contribution in [2.75, 3.05) is 44.2 Å². The Labute approximate surface area is 263 Å². The second kappa shape index (κ2) is 13.8. The highest BCUT2D eigenvalue weighted by Crippen LogP contribution is 2.32. The Kier molecular flexibility index (Phi) is 9.28. The van der Waals surface area contributed by atoms with Crippen LogP contribution in [-0.2, 0) is 11.3 Å². The molecule has 1 saturated heterocycles. The molecule has 0 aliphatic carbocycles. The molecule has 0 amide bonds. The SMILES string of the molecule is C=Nc1cc(-c2noc(=O)[nH]2)cnc1N(CCN1CC=C(c2ccc(F)c(OCc3ccc(C#N)cc3F)c2)CC1)CC1CCO1. The van der Waals surface area contributed by atoms with E-state index in [1.54, 1.807) is 24.4 Å².